The molecule has 0 saturated carbocycles. The maximum absolute atomic E-state index is 12.0. The SMILES string of the molecule is COC(=O)c1cc(N2C(=O)[C@@H](C)NC2=S)ccc1Cl. The number of carbonyl (C=O) groups is 2. The third-order valence-corrected chi connectivity index (χ3v) is 3.38. The number of rotatable bonds is 2. The molecule has 1 aromatic carbocycles. The van der Waals surface area contributed by atoms with Gasteiger partial charge in [0.05, 0.1) is 23.4 Å². The summed E-state index contributed by atoms with van der Waals surface area (Å²) in [6.07, 6.45) is 0. The second-order valence-corrected chi connectivity index (χ2v) is 4.79. The van der Waals surface area contributed by atoms with Gasteiger partial charge >= 0.3 is 5.97 Å². The molecule has 1 aliphatic rings. The summed E-state index contributed by atoms with van der Waals surface area (Å²) >= 11 is 11.0. The largest absolute Gasteiger partial charge is 0.465 e. The van der Waals surface area contributed by atoms with E-state index in [0.717, 1.165) is 0 Å². The van der Waals surface area contributed by atoms with Crippen molar-refractivity contribution in [1.82, 2.24) is 5.32 Å². The van der Waals surface area contributed by atoms with E-state index in [1.807, 2.05) is 0 Å². The molecule has 100 valence electrons. The number of carbonyl (C=O) groups excluding carboxylic acids is 2. The fourth-order valence-electron chi connectivity index (χ4n) is 1.77. The number of esters is 1. The third kappa shape index (κ3) is 2.41. The second-order valence-electron chi connectivity index (χ2n) is 4.00. The number of hydrogen-bond donors (Lipinski definition) is 1. The number of ether oxygens (including phenoxy) is 1. The van der Waals surface area contributed by atoms with Crippen molar-refractivity contribution in [2.75, 3.05) is 12.0 Å². The Hall–Kier alpha value is -1.66. The van der Waals surface area contributed by atoms with Crippen LogP contribution in [0, 0.1) is 0 Å². The average molecular weight is 299 g/mol. The van der Waals surface area contributed by atoms with Crippen molar-refractivity contribution in [3.63, 3.8) is 0 Å². The van der Waals surface area contributed by atoms with E-state index < -0.39 is 5.97 Å². The minimum Gasteiger partial charge on any atom is -0.465 e. The molecule has 1 saturated heterocycles. The summed E-state index contributed by atoms with van der Waals surface area (Å²) in [5, 5.41) is 3.41. The molecule has 0 radical (unpaired) electrons. The van der Waals surface area contributed by atoms with Gasteiger partial charge in [0.25, 0.3) is 5.91 Å². The molecule has 0 unspecified atom stereocenters. The van der Waals surface area contributed by atoms with E-state index >= 15 is 0 Å². The fraction of sp³-hybridized carbons (Fsp3) is 0.250. The molecule has 0 aliphatic carbocycles. The molecule has 1 aromatic rings. The Morgan fingerprint density at radius 3 is 2.74 bits per heavy atom. The van der Waals surface area contributed by atoms with Gasteiger partial charge in [-0.1, -0.05) is 11.6 Å². The van der Waals surface area contributed by atoms with Crippen LogP contribution in [0.25, 0.3) is 0 Å². The fourth-order valence-corrected chi connectivity index (χ4v) is 2.34. The highest BCUT2D eigenvalue weighted by Crippen LogP contribution is 2.26. The van der Waals surface area contributed by atoms with Crippen molar-refractivity contribution >= 4 is 46.5 Å². The molecule has 1 atom stereocenters. The maximum atomic E-state index is 12.0. The second kappa shape index (κ2) is 5.14. The Morgan fingerprint density at radius 1 is 1.53 bits per heavy atom. The van der Waals surface area contributed by atoms with Gasteiger partial charge in [-0.3, -0.25) is 9.69 Å². The van der Waals surface area contributed by atoms with Gasteiger partial charge in [0.2, 0.25) is 0 Å². The van der Waals surface area contributed by atoms with Crippen LogP contribution in [0.2, 0.25) is 5.02 Å². The summed E-state index contributed by atoms with van der Waals surface area (Å²) in [6, 6.07) is 4.25. The molecule has 0 bridgehead atoms. The number of hydrogen-bond acceptors (Lipinski definition) is 4. The van der Waals surface area contributed by atoms with E-state index in [-0.39, 0.29) is 22.5 Å². The number of methoxy groups -OCH3 is 1. The lowest BCUT2D eigenvalue weighted by Crippen LogP contribution is -2.30. The van der Waals surface area contributed by atoms with Gasteiger partial charge in [0.15, 0.2) is 5.11 Å². The van der Waals surface area contributed by atoms with Crippen LogP contribution in [0.1, 0.15) is 17.3 Å². The molecule has 19 heavy (non-hydrogen) atoms. The van der Waals surface area contributed by atoms with Crippen LogP contribution in [-0.4, -0.2) is 30.1 Å². The van der Waals surface area contributed by atoms with Crippen molar-refractivity contribution < 1.29 is 14.3 Å². The number of nitrogens with one attached hydrogen (secondary N) is 1. The first-order valence-corrected chi connectivity index (χ1v) is 6.26. The minimum atomic E-state index is -0.564. The molecule has 0 spiro atoms. The molecule has 5 nitrogen and oxygen atoms in total. The lowest BCUT2D eigenvalue weighted by Gasteiger charge is -2.16. The molecular weight excluding hydrogens is 288 g/mol. The zero-order valence-electron chi connectivity index (χ0n) is 10.3. The molecule has 1 aliphatic heterocycles. The normalized spacial score (nSPS) is 18.5. The van der Waals surface area contributed by atoms with Gasteiger partial charge in [-0.2, -0.15) is 0 Å². The summed E-state index contributed by atoms with van der Waals surface area (Å²) < 4.78 is 4.63. The molecule has 1 amide bonds. The molecule has 1 heterocycles. The summed E-state index contributed by atoms with van der Waals surface area (Å²) in [4.78, 5) is 24.9. The zero-order chi connectivity index (χ0) is 14.2. The monoisotopic (exact) mass is 298 g/mol. The summed E-state index contributed by atoms with van der Waals surface area (Å²) in [6.45, 7) is 1.71. The predicted molar refractivity (Wildman–Crippen MR) is 75.5 cm³/mol. The quantitative estimate of drug-likeness (QED) is 0.666. The number of halogens is 1. The van der Waals surface area contributed by atoms with Crippen LogP contribution >= 0.6 is 23.8 Å². The topological polar surface area (TPSA) is 58.6 Å². The van der Waals surface area contributed by atoms with Gasteiger partial charge in [-0.05, 0) is 37.3 Å². The van der Waals surface area contributed by atoms with Crippen LogP contribution in [0.4, 0.5) is 5.69 Å². The Morgan fingerprint density at radius 2 is 2.21 bits per heavy atom. The van der Waals surface area contributed by atoms with Crippen molar-refractivity contribution in [1.29, 1.82) is 0 Å². The number of anilines is 1. The van der Waals surface area contributed by atoms with E-state index in [2.05, 4.69) is 10.1 Å². The van der Waals surface area contributed by atoms with Crippen LogP contribution in [0.3, 0.4) is 0 Å². The molecule has 1 fully saturated rings. The first-order valence-electron chi connectivity index (χ1n) is 5.48. The predicted octanol–water partition coefficient (Wildman–Crippen LogP) is 1.74. The standard InChI is InChI=1S/C12H11ClN2O3S/c1-6-10(16)15(12(19)14-6)7-3-4-9(13)8(5-7)11(17)18-2/h3-6H,1-2H3,(H,14,19)/t6-/m1/s1. The Kier molecular flexibility index (Phi) is 3.73. The number of amides is 1. The van der Waals surface area contributed by atoms with Gasteiger partial charge in [-0.15, -0.1) is 0 Å². The van der Waals surface area contributed by atoms with E-state index in [0.29, 0.717) is 10.8 Å². The minimum absolute atomic E-state index is 0.178. The smallest absolute Gasteiger partial charge is 0.339 e. The summed E-state index contributed by atoms with van der Waals surface area (Å²) in [5.74, 6) is -0.742. The highest BCUT2D eigenvalue weighted by Gasteiger charge is 2.33. The lowest BCUT2D eigenvalue weighted by atomic mass is 10.2. The van der Waals surface area contributed by atoms with Crippen molar-refractivity contribution in [2.24, 2.45) is 0 Å². The van der Waals surface area contributed by atoms with Crippen LogP contribution in [-0.2, 0) is 9.53 Å². The molecule has 1 N–H and O–H groups in total. The number of thiocarbonyl (C=S) groups is 1. The van der Waals surface area contributed by atoms with Crippen LogP contribution < -0.4 is 10.2 Å². The van der Waals surface area contributed by atoms with Crippen LogP contribution in [0.15, 0.2) is 18.2 Å². The zero-order valence-corrected chi connectivity index (χ0v) is 11.8. The molecule has 7 heteroatoms. The number of benzene rings is 1. The molecular formula is C12H11ClN2O3S. The Bertz CT molecular complexity index is 576. The average Bonchev–Trinajstić information content (AvgIpc) is 2.63. The van der Waals surface area contributed by atoms with Gasteiger partial charge in [-0.25, -0.2) is 4.79 Å². The maximum Gasteiger partial charge on any atom is 0.339 e. The van der Waals surface area contributed by atoms with E-state index in [1.165, 1.54) is 24.1 Å². The van der Waals surface area contributed by atoms with E-state index in [1.54, 1.807) is 13.0 Å². The van der Waals surface area contributed by atoms with Gasteiger partial charge in [0, 0.05) is 0 Å². The van der Waals surface area contributed by atoms with Crippen LogP contribution in [0.5, 0.6) is 0 Å². The van der Waals surface area contributed by atoms with Gasteiger partial charge < -0.3 is 10.1 Å². The summed E-state index contributed by atoms with van der Waals surface area (Å²) in [7, 11) is 1.26. The highest BCUT2D eigenvalue weighted by atomic mass is 35.5. The van der Waals surface area contributed by atoms with Crippen molar-refractivity contribution in [2.45, 2.75) is 13.0 Å². The van der Waals surface area contributed by atoms with Crippen molar-refractivity contribution in [3.05, 3.63) is 28.8 Å². The Labute approximate surface area is 120 Å². The third-order valence-electron chi connectivity index (χ3n) is 2.75. The molecule has 0 aromatic heterocycles. The first-order chi connectivity index (χ1) is 8.95. The first kappa shape index (κ1) is 13.8. The Balaban J connectivity index is 2.44. The lowest BCUT2D eigenvalue weighted by molar-refractivity contribution is -0.117. The van der Waals surface area contributed by atoms with E-state index in [4.69, 9.17) is 23.8 Å². The summed E-state index contributed by atoms with van der Waals surface area (Å²) in [5.41, 5.74) is 0.675. The number of nitrogens with zero attached hydrogens (tertiary/aromatic N) is 1. The van der Waals surface area contributed by atoms with Crippen molar-refractivity contribution in [3.8, 4) is 0 Å². The van der Waals surface area contributed by atoms with Gasteiger partial charge in [0.1, 0.15) is 6.04 Å². The molecule has 2 rings (SSSR count). The van der Waals surface area contributed by atoms with E-state index in [9.17, 15) is 9.59 Å². The highest BCUT2D eigenvalue weighted by molar-refractivity contribution is 7.80.